The van der Waals surface area contributed by atoms with Gasteiger partial charge in [0.15, 0.2) is 0 Å². The van der Waals surface area contributed by atoms with E-state index in [-0.39, 0.29) is 0 Å². The van der Waals surface area contributed by atoms with Crippen molar-refractivity contribution in [3.05, 3.63) is 48.5 Å². The van der Waals surface area contributed by atoms with Crippen LogP contribution >= 0.6 is 0 Å². The molecule has 0 saturated carbocycles. The second kappa shape index (κ2) is 6.19. The molecule has 21 heavy (non-hydrogen) atoms. The minimum Gasteiger partial charge on any atom is -0.497 e. The number of hydrogen-bond acceptors (Lipinski definition) is 3. The average molecular weight is 282 g/mol. The van der Waals surface area contributed by atoms with Gasteiger partial charge in [0.2, 0.25) is 0 Å². The summed E-state index contributed by atoms with van der Waals surface area (Å²) in [4.78, 5) is 4.84. The van der Waals surface area contributed by atoms with Gasteiger partial charge in [-0.05, 0) is 42.4 Å². The molecule has 0 radical (unpaired) electrons. The number of piperazine rings is 1. The summed E-state index contributed by atoms with van der Waals surface area (Å²) in [6.07, 6.45) is 0. The zero-order valence-electron chi connectivity index (χ0n) is 12.7. The van der Waals surface area contributed by atoms with Crippen LogP contribution in [0.1, 0.15) is 0 Å². The molecular weight excluding hydrogens is 260 g/mol. The predicted molar refractivity (Wildman–Crippen MR) is 88.1 cm³/mol. The van der Waals surface area contributed by atoms with Crippen LogP contribution in [0.25, 0.3) is 11.1 Å². The molecular formula is C18H22N2O. The Balaban J connectivity index is 1.85. The van der Waals surface area contributed by atoms with E-state index in [1.165, 1.54) is 16.8 Å². The number of likely N-dealkylation sites (N-methyl/N-ethyl adjacent to an activating group) is 1. The summed E-state index contributed by atoms with van der Waals surface area (Å²) in [6.45, 7) is 4.45. The van der Waals surface area contributed by atoms with Gasteiger partial charge in [0.25, 0.3) is 0 Å². The van der Waals surface area contributed by atoms with Crippen LogP contribution in [-0.4, -0.2) is 45.2 Å². The highest BCUT2D eigenvalue weighted by atomic mass is 16.5. The molecule has 1 heterocycles. The number of nitrogens with zero attached hydrogens (tertiary/aromatic N) is 2. The van der Waals surface area contributed by atoms with Crippen LogP contribution in [0.5, 0.6) is 5.75 Å². The fourth-order valence-electron chi connectivity index (χ4n) is 2.75. The van der Waals surface area contributed by atoms with Crippen molar-refractivity contribution in [2.24, 2.45) is 0 Å². The zero-order valence-corrected chi connectivity index (χ0v) is 12.7. The van der Waals surface area contributed by atoms with Crippen LogP contribution in [0, 0.1) is 0 Å². The molecule has 1 aliphatic heterocycles. The molecule has 0 aliphatic carbocycles. The van der Waals surface area contributed by atoms with E-state index >= 15 is 0 Å². The summed E-state index contributed by atoms with van der Waals surface area (Å²) in [6, 6.07) is 17.0. The summed E-state index contributed by atoms with van der Waals surface area (Å²) in [5, 5.41) is 0. The molecule has 3 nitrogen and oxygen atoms in total. The van der Waals surface area contributed by atoms with Crippen molar-refractivity contribution >= 4 is 5.69 Å². The third-order valence-corrected chi connectivity index (χ3v) is 4.12. The van der Waals surface area contributed by atoms with Gasteiger partial charge in [0, 0.05) is 31.9 Å². The monoisotopic (exact) mass is 282 g/mol. The van der Waals surface area contributed by atoms with E-state index in [0.29, 0.717) is 0 Å². The Morgan fingerprint density at radius 2 is 1.52 bits per heavy atom. The van der Waals surface area contributed by atoms with Crippen LogP contribution in [-0.2, 0) is 0 Å². The third-order valence-electron chi connectivity index (χ3n) is 4.12. The lowest BCUT2D eigenvalue weighted by molar-refractivity contribution is 0.313. The largest absolute Gasteiger partial charge is 0.497 e. The van der Waals surface area contributed by atoms with Gasteiger partial charge in [-0.3, -0.25) is 0 Å². The molecule has 0 bridgehead atoms. The van der Waals surface area contributed by atoms with E-state index in [1.807, 2.05) is 12.1 Å². The van der Waals surface area contributed by atoms with Gasteiger partial charge in [-0.1, -0.05) is 24.3 Å². The van der Waals surface area contributed by atoms with Crippen molar-refractivity contribution in [3.8, 4) is 16.9 Å². The van der Waals surface area contributed by atoms with E-state index < -0.39 is 0 Å². The minimum absolute atomic E-state index is 0.900. The molecule has 1 fully saturated rings. The first kappa shape index (κ1) is 14.0. The predicted octanol–water partition coefficient (Wildman–Crippen LogP) is 3.11. The Morgan fingerprint density at radius 3 is 2.24 bits per heavy atom. The summed E-state index contributed by atoms with van der Waals surface area (Å²) in [5.74, 6) is 0.900. The Morgan fingerprint density at radius 1 is 0.857 bits per heavy atom. The minimum atomic E-state index is 0.900. The standard InChI is InChI=1S/C18H22N2O/c1-19-9-11-20(12-10-19)17-7-3-5-15(13-17)16-6-4-8-18(14-16)21-2/h3-8,13-14H,9-12H2,1-2H3. The summed E-state index contributed by atoms with van der Waals surface area (Å²) < 4.78 is 5.32. The zero-order chi connectivity index (χ0) is 14.7. The number of anilines is 1. The van der Waals surface area contributed by atoms with E-state index in [1.54, 1.807) is 7.11 Å². The number of ether oxygens (including phenoxy) is 1. The SMILES string of the molecule is COc1cccc(-c2cccc(N3CCN(C)CC3)c2)c1. The second-order valence-electron chi connectivity index (χ2n) is 5.57. The molecule has 1 aliphatic rings. The molecule has 0 N–H and O–H groups in total. The van der Waals surface area contributed by atoms with E-state index in [0.717, 1.165) is 31.9 Å². The van der Waals surface area contributed by atoms with Crippen LogP contribution in [0.2, 0.25) is 0 Å². The Labute approximate surface area is 126 Å². The quantitative estimate of drug-likeness (QED) is 0.860. The van der Waals surface area contributed by atoms with Crippen molar-refractivity contribution in [1.29, 1.82) is 0 Å². The number of rotatable bonds is 3. The first-order valence-electron chi connectivity index (χ1n) is 7.44. The van der Waals surface area contributed by atoms with Gasteiger partial charge in [0.1, 0.15) is 5.75 Å². The summed E-state index contributed by atoms with van der Waals surface area (Å²) in [7, 11) is 3.89. The van der Waals surface area contributed by atoms with E-state index in [2.05, 4.69) is 53.2 Å². The molecule has 0 atom stereocenters. The van der Waals surface area contributed by atoms with Crippen molar-refractivity contribution < 1.29 is 4.74 Å². The van der Waals surface area contributed by atoms with Gasteiger partial charge in [-0.2, -0.15) is 0 Å². The maximum atomic E-state index is 5.32. The van der Waals surface area contributed by atoms with Crippen LogP contribution < -0.4 is 9.64 Å². The van der Waals surface area contributed by atoms with Crippen LogP contribution in [0.15, 0.2) is 48.5 Å². The molecule has 2 aromatic carbocycles. The normalized spacial score (nSPS) is 16.0. The van der Waals surface area contributed by atoms with Gasteiger partial charge in [-0.25, -0.2) is 0 Å². The fraction of sp³-hybridized carbons (Fsp3) is 0.333. The lowest BCUT2D eigenvalue weighted by Gasteiger charge is -2.34. The van der Waals surface area contributed by atoms with Crippen molar-refractivity contribution in [3.63, 3.8) is 0 Å². The van der Waals surface area contributed by atoms with Crippen molar-refractivity contribution in [2.45, 2.75) is 0 Å². The average Bonchev–Trinajstić information content (AvgIpc) is 2.56. The molecule has 0 amide bonds. The van der Waals surface area contributed by atoms with Crippen molar-refractivity contribution in [1.82, 2.24) is 4.90 Å². The molecule has 3 rings (SSSR count). The topological polar surface area (TPSA) is 15.7 Å². The molecule has 0 spiro atoms. The molecule has 110 valence electrons. The smallest absolute Gasteiger partial charge is 0.119 e. The number of hydrogen-bond donors (Lipinski definition) is 0. The maximum Gasteiger partial charge on any atom is 0.119 e. The second-order valence-corrected chi connectivity index (χ2v) is 5.57. The van der Waals surface area contributed by atoms with Gasteiger partial charge in [-0.15, -0.1) is 0 Å². The Kier molecular flexibility index (Phi) is 4.11. The highest BCUT2D eigenvalue weighted by Crippen LogP contribution is 2.27. The lowest BCUT2D eigenvalue weighted by Crippen LogP contribution is -2.44. The van der Waals surface area contributed by atoms with Gasteiger partial charge in [0.05, 0.1) is 7.11 Å². The van der Waals surface area contributed by atoms with Crippen LogP contribution in [0.3, 0.4) is 0 Å². The Hall–Kier alpha value is -2.00. The first-order valence-corrected chi connectivity index (χ1v) is 7.44. The lowest BCUT2D eigenvalue weighted by atomic mass is 10.0. The van der Waals surface area contributed by atoms with Gasteiger partial charge < -0.3 is 14.5 Å². The maximum absolute atomic E-state index is 5.32. The Bertz CT molecular complexity index is 604. The first-order chi connectivity index (χ1) is 10.3. The van der Waals surface area contributed by atoms with E-state index in [4.69, 9.17) is 4.74 Å². The number of methoxy groups -OCH3 is 1. The highest BCUT2D eigenvalue weighted by Gasteiger charge is 2.14. The van der Waals surface area contributed by atoms with Crippen LogP contribution in [0.4, 0.5) is 5.69 Å². The summed E-state index contributed by atoms with van der Waals surface area (Å²) >= 11 is 0. The summed E-state index contributed by atoms with van der Waals surface area (Å²) in [5.41, 5.74) is 3.75. The number of benzene rings is 2. The molecule has 1 saturated heterocycles. The third kappa shape index (κ3) is 3.19. The molecule has 0 aromatic heterocycles. The highest BCUT2D eigenvalue weighted by molar-refractivity contribution is 5.69. The van der Waals surface area contributed by atoms with Gasteiger partial charge >= 0.3 is 0 Å². The van der Waals surface area contributed by atoms with Crippen molar-refractivity contribution in [2.75, 3.05) is 45.2 Å². The fourth-order valence-corrected chi connectivity index (χ4v) is 2.75. The molecule has 3 heteroatoms. The van der Waals surface area contributed by atoms with E-state index in [9.17, 15) is 0 Å². The molecule has 2 aromatic rings. The molecule has 0 unspecified atom stereocenters.